The summed E-state index contributed by atoms with van der Waals surface area (Å²) in [6.45, 7) is 4.60. The van der Waals surface area contributed by atoms with Crippen molar-refractivity contribution in [3.05, 3.63) is 45.5 Å². The molecule has 1 aromatic heterocycles. The molecule has 90 valence electrons. The molecule has 0 fully saturated rings. The molecule has 1 aromatic carbocycles. The molecule has 0 saturated carbocycles. The second-order valence-electron chi connectivity index (χ2n) is 3.91. The molecular formula is C12H13Cl2N3. The molecule has 0 unspecified atom stereocenters. The molecule has 0 amide bonds. The van der Waals surface area contributed by atoms with Crippen LogP contribution >= 0.6 is 23.2 Å². The van der Waals surface area contributed by atoms with Crippen LogP contribution in [0.3, 0.4) is 0 Å². The fraction of sp³-hybridized carbons (Fsp3) is 0.250. The van der Waals surface area contributed by atoms with Gasteiger partial charge >= 0.3 is 0 Å². The molecule has 0 spiro atoms. The van der Waals surface area contributed by atoms with Gasteiger partial charge in [-0.05, 0) is 32.0 Å². The predicted octanol–water partition coefficient (Wildman–Crippen LogP) is 3.95. The number of H-pyrrole nitrogens is 1. The van der Waals surface area contributed by atoms with Crippen LogP contribution in [0.5, 0.6) is 0 Å². The fourth-order valence-corrected chi connectivity index (χ4v) is 2.07. The van der Waals surface area contributed by atoms with Gasteiger partial charge < -0.3 is 10.3 Å². The van der Waals surface area contributed by atoms with Crippen molar-refractivity contribution in [1.29, 1.82) is 0 Å². The lowest BCUT2D eigenvalue weighted by molar-refractivity contribution is 0.988. The van der Waals surface area contributed by atoms with Gasteiger partial charge in [0.1, 0.15) is 5.82 Å². The van der Waals surface area contributed by atoms with E-state index in [1.54, 1.807) is 6.07 Å². The highest BCUT2D eigenvalue weighted by Crippen LogP contribution is 2.22. The number of aryl methyl sites for hydroxylation is 2. The third kappa shape index (κ3) is 3.14. The van der Waals surface area contributed by atoms with Crippen LogP contribution in [0.1, 0.15) is 17.2 Å². The van der Waals surface area contributed by atoms with E-state index in [4.69, 9.17) is 23.2 Å². The van der Waals surface area contributed by atoms with Gasteiger partial charge in [0, 0.05) is 21.4 Å². The summed E-state index contributed by atoms with van der Waals surface area (Å²) in [5, 5.41) is 4.46. The van der Waals surface area contributed by atoms with Crippen molar-refractivity contribution in [2.45, 2.75) is 20.4 Å². The summed E-state index contributed by atoms with van der Waals surface area (Å²) in [6, 6.07) is 5.36. The van der Waals surface area contributed by atoms with Gasteiger partial charge in [0.25, 0.3) is 0 Å². The molecule has 0 aliphatic carbocycles. The van der Waals surface area contributed by atoms with Gasteiger partial charge in [0.2, 0.25) is 0 Å². The summed E-state index contributed by atoms with van der Waals surface area (Å²) in [6.07, 6.45) is 0. The summed E-state index contributed by atoms with van der Waals surface area (Å²) in [5.74, 6) is 0.899. The summed E-state index contributed by atoms with van der Waals surface area (Å²) < 4.78 is 0. The molecule has 2 N–H and O–H groups in total. The largest absolute Gasteiger partial charge is 0.378 e. The van der Waals surface area contributed by atoms with Crippen LogP contribution in [-0.2, 0) is 6.54 Å². The van der Waals surface area contributed by atoms with Crippen LogP contribution in [0.2, 0.25) is 10.0 Å². The zero-order valence-corrected chi connectivity index (χ0v) is 11.2. The maximum Gasteiger partial charge on any atom is 0.125 e. The first kappa shape index (κ1) is 12.3. The number of benzene rings is 1. The van der Waals surface area contributed by atoms with E-state index in [-0.39, 0.29) is 0 Å². The maximum absolute atomic E-state index is 5.91. The Balaban J connectivity index is 2.07. The van der Waals surface area contributed by atoms with E-state index >= 15 is 0 Å². The zero-order chi connectivity index (χ0) is 12.4. The Morgan fingerprint density at radius 3 is 2.35 bits per heavy atom. The van der Waals surface area contributed by atoms with E-state index in [0.717, 1.165) is 22.9 Å². The number of aromatic amines is 1. The molecule has 0 radical (unpaired) electrons. The van der Waals surface area contributed by atoms with E-state index in [1.165, 1.54) is 0 Å². The van der Waals surface area contributed by atoms with Gasteiger partial charge in [-0.2, -0.15) is 0 Å². The summed E-state index contributed by atoms with van der Waals surface area (Å²) in [7, 11) is 0. The van der Waals surface area contributed by atoms with Crippen LogP contribution in [0.4, 0.5) is 5.69 Å². The first-order chi connectivity index (χ1) is 8.04. The van der Waals surface area contributed by atoms with Crippen molar-refractivity contribution >= 4 is 28.9 Å². The van der Waals surface area contributed by atoms with E-state index < -0.39 is 0 Å². The Morgan fingerprint density at radius 2 is 1.82 bits per heavy atom. The van der Waals surface area contributed by atoms with Crippen LogP contribution in [0.15, 0.2) is 18.2 Å². The predicted molar refractivity (Wildman–Crippen MR) is 71.9 cm³/mol. The molecule has 3 nitrogen and oxygen atoms in total. The number of rotatable bonds is 3. The van der Waals surface area contributed by atoms with E-state index in [2.05, 4.69) is 15.3 Å². The van der Waals surface area contributed by atoms with Crippen molar-refractivity contribution in [2.24, 2.45) is 0 Å². The first-order valence-electron chi connectivity index (χ1n) is 5.26. The number of halogens is 2. The van der Waals surface area contributed by atoms with Gasteiger partial charge in [-0.25, -0.2) is 4.98 Å². The quantitative estimate of drug-likeness (QED) is 0.886. The standard InChI is InChI=1S/C12H13Cl2N3/c1-7-8(2)17-12(16-7)6-15-11-4-9(13)3-10(14)5-11/h3-5,15H,6H2,1-2H3,(H,16,17). The molecule has 2 rings (SSSR count). The topological polar surface area (TPSA) is 40.7 Å². The molecular weight excluding hydrogens is 257 g/mol. The van der Waals surface area contributed by atoms with Crippen molar-refractivity contribution in [1.82, 2.24) is 9.97 Å². The highest BCUT2D eigenvalue weighted by molar-refractivity contribution is 6.35. The monoisotopic (exact) mass is 269 g/mol. The molecule has 5 heteroatoms. The number of aromatic nitrogens is 2. The van der Waals surface area contributed by atoms with Gasteiger partial charge in [0.05, 0.1) is 12.2 Å². The second-order valence-corrected chi connectivity index (χ2v) is 4.78. The minimum atomic E-state index is 0.616. The average Bonchev–Trinajstić information content (AvgIpc) is 2.54. The number of hydrogen-bond donors (Lipinski definition) is 2. The van der Waals surface area contributed by atoms with Crippen molar-refractivity contribution in [3.8, 4) is 0 Å². The number of anilines is 1. The van der Waals surface area contributed by atoms with Crippen LogP contribution < -0.4 is 5.32 Å². The summed E-state index contributed by atoms with van der Waals surface area (Å²) in [4.78, 5) is 7.59. The number of imidazole rings is 1. The zero-order valence-electron chi connectivity index (χ0n) is 9.64. The SMILES string of the molecule is Cc1nc(CNc2cc(Cl)cc(Cl)c2)[nH]c1C. The smallest absolute Gasteiger partial charge is 0.125 e. The Kier molecular flexibility index (Phi) is 3.60. The van der Waals surface area contributed by atoms with E-state index in [0.29, 0.717) is 16.6 Å². The molecule has 0 aliphatic heterocycles. The van der Waals surface area contributed by atoms with E-state index in [1.807, 2.05) is 26.0 Å². The van der Waals surface area contributed by atoms with Gasteiger partial charge in [-0.15, -0.1) is 0 Å². The average molecular weight is 270 g/mol. The third-order valence-electron chi connectivity index (χ3n) is 2.50. The van der Waals surface area contributed by atoms with Gasteiger partial charge in [-0.3, -0.25) is 0 Å². The molecule has 2 aromatic rings. The van der Waals surface area contributed by atoms with Crippen LogP contribution in [-0.4, -0.2) is 9.97 Å². The number of hydrogen-bond acceptors (Lipinski definition) is 2. The highest BCUT2D eigenvalue weighted by Gasteiger charge is 2.03. The number of nitrogens with zero attached hydrogens (tertiary/aromatic N) is 1. The lowest BCUT2D eigenvalue weighted by atomic mass is 10.3. The maximum atomic E-state index is 5.91. The number of nitrogens with one attached hydrogen (secondary N) is 2. The summed E-state index contributed by atoms with van der Waals surface area (Å²) >= 11 is 11.8. The lowest BCUT2D eigenvalue weighted by Gasteiger charge is -2.05. The molecule has 1 heterocycles. The Morgan fingerprint density at radius 1 is 1.18 bits per heavy atom. The van der Waals surface area contributed by atoms with Crippen molar-refractivity contribution in [3.63, 3.8) is 0 Å². The minimum absolute atomic E-state index is 0.616. The highest BCUT2D eigenvalue weighted by atomic mass is 35.5. The van der Waals surface area contributed by atoms with Gasteiger partial charge in [0.15, 0.2) is 0 Å². The van der Waals surface area contributed by atoms with E-state index in [9.17, 15) is 0 Å². The third-order valence-corrected chi connectivity index (χ3v) is 2.94. The Hall–Kier alpha value is -1.19. The second kappa shape index (κ2) is 4.98. The van der Waals surface area contributed by atoms with Crippen molar-refractivity contribution in [2.75, 3.05) is 5.32 Å². The molecule has 0 bridgehead atoms. The fourth-order valence-electron chi connectivity index (χ4n) is 1.55. The van der Waals surface area contributed by atoms with Gasteiger partial charge in [-0.1, -0.05) is 23.2 Å². The Labute approximate surface area is 110 Å². The Bertz CT molecular complexity index is 495. The van der Waals surface area contributed by atoms with Crippen LogP contribution in [0.25, 0.3) is 0 Å². The minimum Gasteiger partial charge on any atom is -0.378 e. The first-order valence-corrected chi connectivity index (χ1v) is 6.02. The summed E-state index contributed by atoms with van der Waals surface area (Å²) in [5.41, 5.74) is 2.99. The molecule has 0 saturated heterocycles. The molecule has 0 atom stereocenters. The lowest BCUT2D eigenvalue weighted by Crippen LogP contribution is -2.01. The van der Waals surface area contributed by atoms with Crippen molar-refractivity contribution < 1.29 is 0 Å². The molecule has 17 heavy (non-hydrogen) atoms. The normalized spacial score (nSPS) is 10.6. The van der Waals surface area contributed by atoms with Crippen LogP contribution in [0, 0.1) is 13.8 Å². The molecule has 0 aliphatic rings.